The van der Waals surface area contributed by atoms with Gasteiger partial charge < -0.3 is 9.84 Å². The van der Waals surface area contributed by atoms with Gasteiger partial charge in [0.05, 0.1) is 12.2 Å². The Hall–Kier alpha value is -1.76. The number of nitrogens with zero attached hydrogens (tertiary/aromatic N) is 5. The fourth-order valence-corrected chi connectivity index (χ4v) is 1.59. The van der Waals surface area contributed by atoms with E-state index in [2.05, 4.69) is 25.8 Å². The third-order valence-electron chi connectivity index (χ3n) is 2.82. The Labute approximate surface area is 98.2 Å². The van der Waals surface area contributed by atoms with Crippen LogP contribution in [0.2, 0.25) is 0 Å². The second kappa shape index (κ2) is 3.92. The molecule has 90 valence electrons. The first-order valence-corrected chi connectivity index (χ1v) is 5.70. The van der Waals surface area contributed by atoms with Gasteiger partial charge in [-0.25, -0.2) is 4.68 Å². The van der Waals surface area contributed by atoms with Crippen molar-refractivity contribution in [3.05, 3.63) is 12.0 Å². The molecule has 0 aliphatic carbocycles. The third-order valence-corrected chi connectivity index (χ3v) is 2.82. The van der Waals surface area contributed by atoms with Crippen LogP contribution in [0.3, 0.4) is 0 Å². The summed E-state index contributed by atoms with van der Waals surface area (Å²) in [4.78, 5) is 4.29. The standard InChI is InChI=1S/C10H14N6O/c1-6(2)9-12-10(17-14-9)8-5-16(15-13-8)7-3-11-4-7/h5-7,11H,3-4H2,1-2H3. The summed E-state index contributed by atoms with van der Waals surface area (Å²) in [6.45, 7) is 5.91. The molecule has 0 spiro atoms. The first-order valence-electron chi connectivity index (χ1n) is 5.70. The number of rotatable bonds is 3. The molecule has 1 fully saturated rings. The van der Waals surface area contributed by atoms with E-state index in [1.54, 1.807) is 0 Å². The molecule has 0 saturated carbocycles. The van der Waals surface area contributed by atoms with E-state index in [1.807, 2.05) is 24.7 Å². The quantitative estimate of drug-likeness (QED) is 0.837. The Morgan fingerprint density at radius 2 is 2.29 bits per heavy atom. The van der Waals surface area contributed by atoms with Gasteiger partial charge in [0.1, 0.15) is 0 Å². The van der Waals surface area contributed by atoms with Crippen molar-refractivity contribution in [3.63, 3.8) is 0 Å². The predicted molar refractivity (Wildman–Crippen MR) is 59.3 cm³/mol. The summed E-state index contributed by atoms with van der Waals surface area (Å²) in [7, 11) is 0. The van der Waals surface area contributed by atoms with Gasteiger partial charge in [0.25, 0.3) is 5.89 Å². The van der Waals surface area contributed by atoms with Crippen LogP contribution in [0.5, 0.6) is 0 Å². The van der Waals surface area contributed by atoms with Gasteiger partial charge in [-0.2, -0.15) is 4.98 Å². The van der Waals surface area contributed by atoms with Crippen LogP contribution in [-0.2, 0) is 0 Å². The van der Waals surface area contributed by atoms with Gasteiger partial charge in [0.2, 0.25) is 0 Å². The van der Waals surface area contributed by atoms with E-state index >= 15 is 0 Å². The molecule has 1 N–H and O–H groups in total. The lowest BCUT2D eigenvalue weighted by Crippen LogP contribution is -2.43. The van der Waals surface area contributed by atoms with Crippen molar-refractivity contribution < 1.29 is 4.52 Å². The monoisotopic (exact) mass is 234 g/mol. The Balaban J connectivity index is 1.84. The highest BCUT2D eigenvalue weighted by molar-refractivity contribution is 5.43. The molecule has 7 nitrogen and oxygen atoms in total. The highest BCUT2D eigenvalue weighted by Crippen LogP contribution is 2.19. The average Bonchev–Trinajstić information content (AvgIpc) is 2.80. The van der Waals surface area contributed by atoms with Crippen molar-refractivity contribution in [1.82, 2.24) is 30.5 Å². The van der Waals surface area contributed by atoms with Crippen molar-refractivity contribution in [3.8, 4) is 11.6 Å². The van der Waals surface area contributed by atoms with Crippen LogP contribution in [0.4, 0.5) is 0 Å². The molecule has 3 heterocycles. The molecule has 0 unspecified atom stereocenters. The summed E-state index contributed by atoms with van der Waals surface area (Å²) in [6.07, 6.45) is 1.85. The minimum atomic E-state index is 0.248. The average molecular weight is 234 g/mol. The molecule has 0 radical (unpaired) electrons. The first kappa shape index (κ1) is 10.4. The van der Waals surface area contributed by atoms with Gasteiger partial charge in [0, 0.05) is 19.0 Å². The molecule has 3 rings (SSSR count). The molecule has 2 aromatic heterocycles. The van der Waals surface area contributed by atoms with E-state index in [0.717, 1.165) is 13.1 Å². The molecule has 7 heteroatoms. The lowest BCUT2D eigenvalue weighted by Gasteiger charge is -2.26. The largest absolute Gasteiger partial charge is 0.332 e. The van der Waals surface area contributed by atoms with Gasteiger partial charge in [-0.1, -0.05) is 24.2 Å². The number of nitrogens with one attached hydrogen (secondary N) is 1. The highest BCUT2D eigenvalue weighted by atomic mass is 16.5. The van der Waals surface area contributed by atoms with E-state index in [1.165, 1.54) is 0 Å². The number of hydrogen-bond acceptors (Lipinski definition) is 6. The number of hydrogen-bond donors (Lipinski definition) is 1. The van der Waals surface area contributed by atoms with Crippen molar-refractivity contribution >= 4 is 0 Å². The predicted octanol–water partition coefficient (Wildman–Crippen LogP) is 0.596. The molecular formula is C10H14N6O. The molecule has 0 aromatic carbocycles. The van der Waals surface area contributed by atoms with Crippen LogP contribution in [0.1, 0.15) is 31.6 Å². The highest BCUT2D eigenvalue weighted by Gasteiger charge is 2.22. The Morgan fingerprint density at radius 3 is 2.88 bits per heavy atom. The third kappa shape index (κ3) is 1.82. The topological polar surface area (TPSA) is 81.7 Å². The Kier molecular flexibility index (Phi) is 2.40. The van der Waals surface area contributed by atoms with E-state index in [9.17, 15) is 0 Å². The van der Waals surface area contributed by atoms with E-state index in [-0.39, 0.29) is 5.92 Å². The lowest BCUT2D eigenvalue weighted by molar-refractivity contribution is 0.313. The van der Waals surface area contributed by atoms with Crippen molar-refractivity contribution in [2.45, 2.75) is 25.8 Å². The first-order chi connectivity index (χ1) is 8.24. The van der Waals surface area contributed by atoms with Crippen LogP contribution in [-0.4, -0.2) is 38.2 Å². The Morgan fingerprint density at radius 1 is 1.47 bits per heavy atom. The van der Waals surface area contributed by atoms with Crippen LogP contribution in [0.25, 0.3) is 11.6 Å². The van der Waals surface area contributed by atoms with E-state index in [0.29, 0.717) is 23.5 Å². The second-order valence-corrected chi connectivity index (χ2v) is 4.51. The molecule has 1 aliphatic heterocycles. The maximum atomic E-state index is 5.16. The maximum Gasteiger partial charge on any atom is 0.280 e. The summed E-state index contributed by atoms with van der Waals surface area (Å²) in [6, 6.07) is 0.392. The van der Waals surface area contributed by atoms with Crippen molar-refractivity contribution in [2.75, 3.05) is 13.1 Å². The molecule has 2 aromatic rings. The summed E-state index contributed by atoms with van der Waals surface area (Å²) in [5.74, 6) is 1.38. The zero-order chi connectivity index (χ0) is 11.8. The maximum absolute atomic E-state index is 5.16. The lowest BCUT2D eigenvalue weighted by atomic mass is 10.2. The van der Waals surface area contributed by atoms with Gasteiger partial charge in [-0.15, -0.1) is 5.10 Å². The fraction of sp³-hybridized carbons (Fsp3) is 0.600. The molecule has 1 aliphatic rings. The minimum absolute atomic E-state index is 0.248. The zero-order valence-corrected chi connectivity index (χ0v) is 9.79. The minimum Gasteiger partial charge on any atom is -0.332 e. The SMILES string of the molecule is CC(C)c1noc(-c2cn(C3CNC3)nn2)n1. The molecule has 0 bridgehead atoms. The van der Waals surface area contributed by atoms with Gasteiger partial charge in [-0.05, 0) is 0 Å². The molecule has 1 saturated heterocycles. The normalized spacial score (nSPS) is 16.4. The fourth-order valence-electron chi connectivity index (χ4n) is 1.59. The van der Waals surface area contributed by atoms with Crippen molar-refractivity contribution in [2.24, 2.45) is 0 Å². The second-order valence-electron chi connectivity index (χ2n) is 4.51. The van der Waals surface area contributed by atoms with Gasteiger partial charge >= 0.3 is 0 Å². The molecule has 0 atom stereocenters. The van der Waals surface area contributed by atoms with Gasteiger partial charge in [0.15, 0.2) is 11.5 Å². The van der Waals surface area contributed by atoms with Crippen molar-refractivity contribution in [1.29, 1.82) is 0 Å². The zero-order valence-electron chi connectivity index (χ0n) is 9.79. The summed E-state index contributed by atoms with van der Waals surface area (Å²) < 4.78 is 7.00. The van der Waals surface area contributed by atoms with Crippen LogP contribution in [0, 0.1) is 0 Å². The van der Waals surface area contributed by atoms with Crippen LogP contribution < -0.4 is 5.32 Å². The van der Waals surface area contributed by atoms with Crippen LogP contribution in [0.15, 0.2) is 10.7 Å². The van der Waals surface area contributed by atoms with Gasteiger partial charge in [-0.3, -0.25) is 0 Å². The molecular weight excluding hydrogens is 220 g/mol. The smallest absolute Gasteiger partial charge is 0.280 e. The number of aromatic nitrogens is 5. The van der Waals surface area contributed by atoms with E-state index in [4.69, 9.17) is 4.52 Å². The Bertz CT molecular complexity index is 512. The van der Waals surface area contributed by atoms with Crippen LogP contribution >= 0.6 is 0 Å². The summed E-state index contributed by atoms with van der Waals surface area (Å²) in [5.41, 5.74) is 0.635. The van der Waals surface area contributed by atoms with E-state index < -0.39 is 0 Å². The summed E-state index contributed by atoms with van der Waals surface area (Å²) >= 11 is 0. The molecule has 17 heavy (non-hydrogen) atoms. The molecule has 0 amide bonds. The summed E-state index contributed by atoms with van der Waals surface area (Å²) in [5, 5.41) is 15.2.